The Morgan fingerprint density at radius 2 is 1.13 bits per heavy atom. The Balaban J connectivity index is 0.00000642. The molecule has 0 unspecified atom stereocenters. The first-order chi connectivity index (χ1) is 31.9. The van der Waals surface area contributed by atoms with Crippen molar-refractivity contribution in [3.05, 3.63) is 198 Å². The standard InChI is InChI=1S/C63H67N4O.Pt/c1-59(2,3)46-32-47(60(4,5)6)35-50(34-46)66-41-65(40-57(66)62(10,11)12)49-33-48(61(7,8)9)36-52(38-49)68-51-26-27-53-54-31-43(42-21-17-15-18-22-42)25-28-55(54)67(56(53)39-51)58-37-45(29-30-64-58)63(13,14)44-23-19-16-20-24-44;/h15-37,40-41H,1-14H3;/q-3;. The Morgan fingerprint density at radius 3 is 1.75 bits per heavy atom. The van der Waals surface area contributed by atoms with Crippen molar-refractivity contribution in [1.29, 1.82) is 0 Å². The zero-order valence-corrected chi connectivity index (χ0v) is 45.2. The van der Waals surface area contributed by atoms with E-state index in [2.05, 4.69) is 264 Å². The van der Waals surface area contributed by atoms with Gasteiger partial charge in [0.05, 0.1) is 0 Å². The summed E-state index contributed by atoms with van der Waals surface area (Å²) in [6.45, 7) is 34.2. The molecule has 0 radical (unpaired) electrons. The summed E-state index contributed by atoms with van der Waals surface area (Å²) in [5.74, 6) is 2.06. The topological polar surface area (TPSA) is 33.5 Å². The fourth-order valence-corrected chi connectivity index (χ4v) is 9.18. The summed E-state index contributed by atoms with van der Waals surface area (Å²) >= 11 is 0. The molecular weight excluding hydrogens is 1020 g/mol. The summed E-state index contributed by atoms with van der Waals surface area (Å²) in [6.07, 6.45) is 4.20. The van der Waals surface area contributed by atoms with Crippen molar-refractivity contribution in [2.75, 3.05) is 9.80 Å². The first kappa shape index (κ1) is 49.5. The van der Waals surface area contributed by atoms with Gasteiger partial charge < -0.3 is 19.1 Å². The van der Waals surface area contributed by atoms with Crippen LogP contribution in [0.25, 0.3) is 38.8 Å². The number of rotatable bonds is 8. The van der Waals surface area contributed by atoms with Gasteiger partial charge in [-0.1, -0.05) is 181 Å². The Hall–Kier alpha value is -5.90. The molecule has 1 aliphatic rings. The maximum atomic E-state index is 6.93. The van der Waals surface area contributed by atoms with Crippen molar-refractivity contribution in [3.63, 3.8) is 0 Å². The van der Waals surface area contributed by atoms with Crippen LogP contribution >= 0.6 is 0 Å². The molecule has 0 fully saturated rings. The van der Waals surface area contributed by atoms with Crippen LogP contribution in [0.4, 0.5) is 11.4 Å². The third-order valence-corrected chi connectivity index (χ3v) is 13.6. The van der Waals surface area contributed by atoms with Crippen LogP contribution in [0.15, 0.2) is 152 Å². The second-order valence-corrected chi connectivity index (χ2v) is 23.3. The van der Waals surface area contributed by atoms with E-state index in [0.717, 1.165) is 50.1 Å². The molecule has 9 rings (SSSR count). The number of aromatic nitrogens is 2. The summed E-state index contributed by atoms with van der Waals surface area (Å²) in [6, 6.07) is 55.5. The van der Waals surface area contributed by atoms with E-state index in [4.69, 9.17) is 9.72 Å². The SMILES string of the molecule is CC(C)(C)C1=CN(c2[c-]c(Oc3[c-]c4c(cc3)c3cc(-c5ccccc5)ccc3n4-c3cc(C(C)(C)c4ccccc4)ccn3)cc(C(C)(C)C)c2)[CH-]N1c1cc(C(C)(C)C)cc(C(C)(C)C)c1.[Pt]. The van der Waals surface area contributed by atoms with Crippen LogP contribution in [-0.4, -0.2) is 9.55 Å². The van der Waals surface area contributed by atoms with E-state index in [1.54, 1.807) is 0 Å². The van der Waals surface area contributed by atoms with Crippen molar-refractivity contribution in [3.8, 4) is 28.4 Å². The molecule has 2 aromatic heterocycles. The number of ether oxygens (including phenoxy) is 1. The average molecular weight is 1090 g/mol. The summed E-state index contributed by atoms with van der Waals surface area (Å²) in [5.41, 5.74) is 13.2. The normalized spacial score (nSPS) is 13.8. The molecule has 0 spiro atoms. The monoisotopic (exact) mass is 1090 g/mol. The van der Waals surface area contributed by atoms with Crippen LogP contribution in [0.5, 0.6) is 11.5 Å². The molecule has 1 aliphatic heterocycles. The number of benzene rings is 6. The minimum atomic E-state index is -0.250. The Kier molecular flexibility index (Phi) is 13.0. The maximum Gasteiger partial charge on any atom is 0.135 e. The van der Waals surface area contributed by atoms with Gasteiger partial charge in [-0.05, 0) is 91.5 Å². The molecule has 6 aromatic carbocycles. The van der Waals surface area contributed by atoms with Gasteiger partial charge in [-0.3, -0.25) is 0 Å². The van der Waals surface area contributed by atoms with Gasteiger partial charge in [0.2, 0.25) is 0 Å². The van der Waals surface area contributed by atoms with Gasteiger partial charge >= 0.3 is 0 Å². The first-order valence-electron chi connectivity index (χ1n) is 24.1. The van der Waals surface area contributed by atoms with Crippen LogP contribution in [-0.2, 0) is 42.7 Å². The van der Waals surface area contributed by atoms with Crippen LogP contribution in [0.3, 0.4) is 0 Å². The molecule has 5 nitrogen and oxygen atoms in total. The quantitative estimate of drug-likeness (QED) is 0.142. The molecule has 0 atom stereocenters. The van der Waals surface area contributed by atoms with Gasteiger partial charge in [-0.2, -0.15) is 6.07 Å². The Morgan fingerprint density at radius 1 is 0.507 bits per heavy atom. The van der Waals surface area contributed by atoms with E-state index in [1.807, 2.05) is 12.3 Å². The summed E-state index contributed by atoms with van der Waals surface area (Å²) in [7, 11) is 0. The van der Waals surface area contributed by atoms with E-state index >= 15 is 0 Å². The Bertz CT molecular complexity index is 3160. The largest absolute Gasteiger partial charge is 0.509 e. The zero-order chi connectivity index (χ0) is 48.6. The average Bonchev–Trinajstić information content (AvgIpc) is 3.89. The van der Waals surface area contributed by atoms with Gasteiger partial charge in [0, 0.05) is 66.5 Å². The second kappa shape index (κ2) is 18.1. The predicted octanol–water partition coefficient (Wildman–Crippen LogP) is 16.8. The van der Waals surface area contributed by atoms with Gasteiger partial charge in [-0.15, -0.1) is 53.6 Å². The molecular formula is C63H67N4OPt-3. The molecule has 69 heavy (non-hydrogen) atoms. The number of nitrogens with zero attached hydrogens (tertiary/aromatic N) is 4. The predicted molar refractivity (Wildman–Crippen MR) is 286 cm³/mol. The van der Waals surface area contributed by atoms with Gasteiger partial charge in [0.15, 0.2) is 0 Å². The van der Waals surface area contributed by atoms with Crippen LogP contribution in [0.2, 0.25) is 0 Å². The molecule has 8 aromatic rings. The molecule has 0 saturated heterocycles. The fraction of sp³-hybridized carbons (Fsp3) is 0.302. The molecule has 0 N–H and O–H groups in total. The van der Waals surface area contributed by atoms with Crippen molar-refractivity contribution >= 4 is 33.2 Å². The maximum absolute atomic E-state index is 6.93. The van der Waals surface area contributed by atoms with Crippen molar-refractivity contribution < 1.29 is 25.8 Å². The van der Waals surface area contributed by atoms with Crippen LogP contribution in [0, 0.1) is 24.2 Å². The van der Waals surface area contributed by atoms with E-state index in [1.165, 1.54) is 33.5 Å². The molecule has 6 heteroatoms. The number of fused-ring (bicyclic) bond motifs is 3. The number of pyridine rings is 1. The second-order valence-electron chi connectivity index (χ2n) is 23.3. The number of hydrogen-bond donors (Lipinski definition) is 0. The van der Waals surface area contributed by atoms with E-state index < -0.39 is 0 Å². The van der Waals surface area contributed by atoms with E-state index in [9.17, 15) is 0 Å². The third-order valence-electron chi connectivity index (χ3n) is 13.6. The fourth-order valence-electron chi connectivity index (χ4n) is 9.18. The number of hydrogen-bond acceptors (Lipinski definition) is 4. The zero-order valence-electron chi connectivity index (χ0n) is 42.9. The van der Waals surface area contributed by atoms with E-state index in [-0.39, 0.29) is 48.1 Å². The molecule has 358 valence electrons. The number of anilines is 2. The summed E-state index contributed by atoms with van der Waals surface area (Å²) in [5, 5.41) is 2.20. The van der Waals surface area contributed by atoms with Gasteiger partial charge in [-0.25, -0.2) is 4.98 Å². The van der Waals surface area contributed by atoms with Gasteiger partial charge in [0.1, 0.15) is 5.82 Å². The number of allylic oxidation sites excluding steroid dienone is 1. The molecule has 3 heterocycles. The Labute approximate surface area is 426 Å². The van der Waals surface area contributed by atoms with E-state index in [0.29, 0.717) is 11.5 Å². The van der Waals surface area contributed by atoms with Crippen molar-refractivity contribution in [2.45, 2.75) is 119 Å². The van der Waals surface area contributed by atoms with Crippen molar-refractivity contribution in [2.24, 2.45) is 5.41 Å². The van der Waals surface area contributed by atoms with Gasteiger partial charge in [0.25, 0.3) is 0 Å². The van der Waals surface area contributed by atoms with Crippen LogP contribution in [0.1, 0.15) is 125 Å². The summed E-state index contributed by atoms with van der Waals surface area (Å²) < 4.78 is 9.17. The minimum absolute atomic E-state index is 0. The molecule has 0 bridgehead atoms. The third kappa shape index (κ3) is 9.96. The van der Waals surface area contributed by atoms with Crippen molar-refractivity contribution in [1.82, 2.24) is 9.55 Å². The molecule has 0 saturated carbocycles. The summed E-state index contributed by atoms with van der Waals surface area (Å²) in [4.78, 5) is 9.63. The molecule has 0 amide bonds. The molecule has 0 aliphatic carbocycles. The minimum Gasteiger partial charge on any atom is -0.509 e. The first-order valence-corrected chi connectivity index (χ1v) is 24.1. The smallest absolute Gasteiger partial charge is 0.135 e. The van der Waals surface area contributed by atoms with Crippen LogP contribution < -0.4 is 14.5 Å².